The van der Waals surface area contributed by atoms with Gasteiger partial charge in [-0.15, -0.1) is 0 Å². The van der Waals surface area contributed by atoms with E-state index in [9.17, 15) is 5.26 Å². The predicted molar refractivity (Wildman–Crippen MR) is 81.4 cm³/mol. The van der Waals surface area contributed by atoms with Gasteiger partial charge in [-0.05, 0) is 63.5 Å². The summed E-state index contributed by atoms with van der Waals surface area (Å²) < 4.78 is 0. The molecule has 3 heteroatoms. The number of nitrogens with zero attached hydrogens (tertiary/aromatic N) is 2. The Bertz CT molecular complexity index is 340. The number of likely N-dealkylation sites (tertiary alicyclic amines) is 1. The second-order valence-electron chi connectivity index (χ2n) is 7.31. The van der Waals surface area contributed by atoms with Crippen LogP contribution in [0.15, 0.2) is 0 Å². The highest BCUT2D eigenvalue weighted by molar-refractivity contribution is 4.96. The van der Waals surface area contributed by atoms with Crippen molar-refractivity contribution in [3.05, 3.63) is 0 Å². The molecule has 1 spiro atoms. The van der Waals surface area contributed by atoms with Gasteiger partial charge in [-0.1, -0.05) is 19.3 Å². The van der Waals surface area contributed by atoms with E-state index in [1.807, 2.05) is 0 Å². The number of nitrogens with one attached hydrogen (secondary N) is 1. The van der Waals surface area contributed by atoms with Crippen LogP contribution in [-0.2, 0) is 0 Å². The number of hydrogen-bond acceptors (Lipinski definition) is 3. The normalized spacial score (nSPS) is 28.1. The Hall–Kier alpha value is -0.590. The van der Waals surface area contributed by atoms with Crippen molar-refractivity contribution in [1.82, 2.24) is 10.2 Å². The zero-order chi connectivity index (χ0) is 13.8. The summed E-state index contributed by atoms with van der Waals surface area (Å²) in [5.41, 5.74) is 0.704. The molecule has 0 aromatic rings. The molecule has 0 radical (unpaired) electrons. The van der Waals surface area contributed by atoms with Crippen molar-refractivity contribution in [2.24, 2.45) is 5.41 Å². The molecular weight excluding hydrogens is 246 g/mol. The Morgan fingerprint density at radius 2 is 1.80 bits per heavy atom. The SMILES string of the molecule is N#CC(CCN1CCC2(CCCCC2)CC1)NC1CC1. The van der Waals surface area contributed by atoms with Gasteiger partial charge >= 0.3 is 0 Å². The van der Waals surface area contributed by atoms with E-state index < -0.39 is 0 Å². The van der Waals surface area contributed by atoms with Gasteiger partial charge in [-0.2, -0.15) is 5.26 Å². The van der Waals surface area contributed by atoms with Gasteiger partial charge in [0.15, 0.2) is 0 Å². The third-order valence-electron chi connectivity index (χ3n) is 5.74. The number of piperidine rings is 1. The minimum atomic E-state index is 0.0769. The van der Waals surface area contributed by atoms with Gasteiger partial charge in [-0.3, -0.25) is 5.32 Å². The third-order valence-corrected chi connectivity index (χ3v) is 5.74. The molecule has 1 atom stereocenters. The van der Waals surface area contributed by atoms with E-state index in [2.05, 4.69) is 16.3 Å². The Labute approximate surface area is 123 Å². The minimum Gasteiger partial charge on any atom is -0.303 e. The minimum absolute atomic E-state index is 0.0769. The van der Waals surface area contributed by atoms with Gasteiger partial charge < -0.3 is 4.90 Å². The lowest BCUT2D eigenvalue weighted by atomic mass is 9.68. The summed E-state index contributed by atoms with van der Waals surface area (Å²) in [5, 5.41) is 12.6. The van der Waals surface area contributed by atoms with Crippen molar-refractivity contribution in [3.63, 3.8) is 0 Å². The fraction of sp³-hybridized carbons (Fsp3) is 0.941. The van der Waals surface area contributed by atoms with Crippen LogP contribution in [0.3, 0.4) is 0 Å². The van der Waals surface area contributed by atoms with Crippen LogP contribution < -0.4 is 5.32 Å². The van der Waals surface area contributed by atoms with Crippen LogP contribution in [0.4, 0.5) is 0 Å². The van der Waals surface area contributed by atoms with Crippen molar-refractivity contribution in [2.75, 3.05) is 19.6 Å². The van der Waals surface area contributed by atoms with E-state index in [0.717, 1.165) is 13.0 Å². The molecule has 1 N–H and O–H groups in total. The maximum atomic E-state index is 9.20. The summed E-state index contributed by atoms with van der Waals surface area (Å²) >= 11 is 0. The smallest absolute Gasteiger partial charge is 0.0967 e. The van der Waals surface area contributed by atoms with E-state index in [1.54, 1.807) is 0 Å². The Morgan fingerprint density at radius 3 is 2.40 bits per heavy atom. The van der Waals surface area contributed by atoms with Crippen LogP contribution in [-0.4, -0.2) is 36.6 Å². The zero-order valence-electron chi connectivity index (χ0n) is 12.7. The van der Waals surface area contributed by atoms with Gasteiger partial charge in [0.05, 0.1) is 12.1 Å². The molecule has 1 unspecified atom stereocenters. The maximum Gasteiger partial charge on any atom is 0.0967 e. The average molecular weight is 275 g/mol. The van der Waals surface area contributed by atoms with Gasteiger partial charge in [0, 0.05) is 12.6 Å². The van der Waals surface area contributed by atoms with E-state index in [4.69, 9.17) is 0 Å². The zero-order valence-corrected chi connectivity index (χ0v) is 12.7. The van der Waals surface area contributed by atoms with E-state index in [1.165, 1.54) is 70.9 Å². The molecule has 0 aromatic carbocycles. The summed E-state index contributed by atoms with van der Waals surface area (Å²) in [6, 6.07) is 3.15. The standard InChI is InChI=1S/C17H29N3/c18-14-16(19-15-4-5-15)6-11-20-12-9-17(10-13-20)7-2-1-3-8-17/h15-16,19H,1-13H2. The van der Waals surface area contributed by atoms with Crippen molar-refractivity contribution < 1.29 is 0 Å². The summed E-state index contributed by atoms with van der Waals surface area (Å²) in [6.45, 7) is 3.64. The summed E-state index contributed by atoms with van der Waals surface area (Å²) in [4.78, 5) is 2.60. The van der Waals surface area contributed by atoms with Crippen molar-refractivity contribution in [1.29, 1.82) is 5.26 Å². The van der Waals surface area contributed by atoms with Crippen LogP contribution in [0.2, 0.25) is 0 Å². The largest absolute Gasteiger partial charge is 0.303 e. The Morgan fingerprint density at radius 1 is 1.10 bits per heavy atom. The van der Waals surface area contributed by atoms with Crippen LogP contribution in [0.1, 0.15) is 64.2 Å². The highest BCUT2D eigenvalue weighted by Gasteiger charge is 2.35. The lowest BCUT2D eigenvalue weighted by Crippen LogP contribution is -2.43. The third kappa shape index (κ3) is 3.74. The molecule has 1 heterocycles. The molecular formula is C17H29N3. The van der Waals surface area contributed by atoms with Crippen LogP contribution in [0, 0.1) is 16.7 Å². The highest BCUT2D eigenvalue weighted by Crippen LogP contribution is 2.44. The quantitative estimate of drug-likeness (QED) is 0.838. The lowest BCUT2D eigenvalue weighted by Gasteiger charge is -2.44. The van der Waals surface area contributed by atoms with E-state index >= 15 is 0 Å². The van der Waals surface area contributed by atoms with Crippen molar-refractivity contribution in [2.45, 2.75) is 76.3 Å². The van der Waals surface area contributed by atoms with Gasteiger partial charge in [-0.25, -0.2) is 0 Å². The molecule has 0 bridgehead atoms. The monoisotopic (exact) mass is 275 g/mol. The second-order valence-corrected chi connectivity index (χ2v) is 7.31. The summed E-state index contributed by atoms with van der Waals surface area (Å²) in [7, 11) is 0. The first kappa shape index (κ1) is 14.4. The molecule has 3 aliphatic rings. The Balaban J connectivity index is 1.38. The topological polar surface area (TPSA) is 39.1 Å². The van der Waals surface area contributed by atoms with Gasteiger partial charge in [0.1, 0.15) is 0 Å². The molecule has 1 saturated heterocycles. The fourth-order valence-electron chi connectivity index (χ4n) is 4.08. The molecule has 1 aliphatic heterocycles. The second kappa shape index (κ2) is 6.45. The van der Waals surface area contributed by atoms with E-state index in [-0.39, 0.29) is 6.04 Å². The van der Waals surface area contributed by atoms with Crippen LogP contribution >= 0.6 is 0 Å². The van der Waals surface area contributed by atoms with Gasteiger partial charge in [0.25, 0.3) is 0 Å². The lowest BCUT2D eigenvalue weighted by molar-refractivity contribution is 0.0666. The summed E-state index contributed by atoms with van der Waals surface area (Å²) in [5.74, 6) is 0. The highest BCUT2D eigenvalue weighted by atomic mass is 15.1. The van der Waals surface area contributed by atoms with E-state index in [0.29, 0.717) is 11.5 Å². The first-order valence-corrected chi connectivity index (χ1v) is 8.68. The first-order valence-electron chi connectivity index (χ1n) is 8.68. The molecule has 112 valence electrons. The molecule has 0 aromatic heterocycles. The molecule has 2 saturated carbocycles. The molecule has 0 amide bonds. The van der Waals surface area contributed by atoms with Gasteiger partial charge in [0.2, 0.25) is 0 Å². The average Bonchev–Trinajstić information content (AvgIpc) is 3.30. The number of rotatable bonds is 5. The first-order chi connectivity index (χ1) is 9.80. The molecule has 2 aliphatic carbocycles. The number of nitriles is 1. The van der Waals surface area contributed by atoms with Crippen molar-refractivity contribution >= 4 is 0 Å². The molecule has 3 fully saturated rings. The van der Waals surface area contributed by atoms with Crippen molar-refractivity contribution in [3.8, 4) is 6.07 Å². The Kier molecular flexibility index (Phi) is 4.63. The fourth-order valence-corrected chi connectivity index (χ4v) is 4.08. The maximum absolute atomic E-state index is 9.20. The summed E-state index contributed by atoms with van der Waals surface area (Å²) in [6.07, 6.45) is 13.7. The molecule has 3 rings (SSSR count). The predicted octanol–water partition coefficient (Wildman–Crippen LogP) is 3.07. The molecule has 20 heavy (non-hydrogen) atoms. The van der Waals surface area contributed by atoms with Crippen LogP contribution in [0.25, 0.3) is 0 Å². The van der Waals surface area contributed by atoms with Crippen LogP contribution in [0.5, 0.6) is 0 Å². The molecule has 3 nitrogen and oxygen atoms in total. The number of hydrogen-bond donors (Lipinski definition) is 1.